The molecule has 3 rings (SSSR count). The van der Waals surface area contributed by atoms with Crippen LogP contribution in [0.15, 0.2) is 48.5 Å². The van der Waals surface area contributed by atoms with Gasteiger partial charge in [0.2, 0.25) is 0 Å². The van der Waals surface area contributed by atoms with Crippen molar-refractivity contribution in [2.24, 2.45) is 5.73 Å². The fourth-order valence-electron chi connectivity index (χ4n) is 4.17. The Labute approximate surface area is 192 Å². The molecule has 2 N–H and O–H groups in total. The van der Waals surface area contributed by atoms with Gasteiger partial charge in [-0.15, -0.1) is 0 Å². The van der Waals surface area contributed by atoms with Crippen LogP contribution in [0.4, 0.5) is 0 Å². The quantitative estimate of drug-likeness (QED) is 0.580. The number of nitrogens with zero attached hydrogens (tertiary/aromatic N) is 4. The van der Waals surface area contributed by atoms with E-state index in [9.17, 15) is 5.26 Å². The second-order valence-corrected chi connectivity index (χ2v) is 8.77. The zero-order chi connectivity index (χ0) is 21.9. The molecule has 31 heavy (non-hydrogen) atoms. The molecule has 0 aliphatic carbocycles. The highest BCUT2D eigenvalue weighted by atomic mass is 35.5. The molecule has 2 aromatic carbocycles. The SMILES string of the molecule is N#Cc1cccc(CN(CCCN2CCN(CCCN)CC2)Cc2cccc(Cl)c2)c1. The van der Waals surface area contributed by atoms with Crippen molar-refractivity contribution in [3.05, 3.63) is 70.2 Å². The average molecular weight is 440 g/mol. The van der Waals surface area contributed by atoms with Gasteiger partial charge in [0.05, 0.1) is 11.6 Å². The summed E-state index contributed by atoms with van der Waals surface area (Å²) in [4.78, 5) is 7.56. The van der Waals surface area contributed by atoms with Gasteiger partial charge in [-0.25, -0.2) is 0 Å². The summed E-state index contributed by atoms with van der Waals surface area (Å²) in [5.74, 6) is 0. The Morgan fingerprint density at radius 1 is 0.903 bits per heavy atom. The molecule has 2 aromatic rings. The summed E-state index contributed by atoms with van der Waals surface area (Å²) < 4.78 is 0. The predicted octanol–water partition coefficient (Wildman–Crippen LogP) is 3.57. The lowest BCUT2D eigenvalue weighted by molar-refractivity contribution is 0.125. The first-order valence-electron chi connectivity index (χ1n) is 11.3. The van der Waals surface area contributed by atoms with E-state index in [-0.39, 0.29) is 0 Å². The van der Waals surface area contributed by atoms with E-state index in [0.29, 0.717) is 5.56 Å². The second kappa shape index (κ2) is 12.8. The molecule has 1 fully saturated rings. The van der Waals surface area contributed by atoms with Crippen LogP contribution in [-0.2, 0) is 13.1 Å². The highest BCUT2D eigenvalue weighted by Crippen LogP contribution is 2.16. The van der Waals surface area contributed by atoms with Gasteiger partial charge >= 0.3 is 0 Å². The maximum atomic E-state index is 9.22. The van der Waals surface area contributed by atoms with Crippen molar-refractivity contribution < 1.29 is 0 Å². The normalized spacial score (nSPS) is 15.3. The molecule has 1 heterocycles. The first-order chi connectivity index (χ1) is 15.2. The van der Waals surface area contributed by atoms with Crippen molar-refractivity contribution in [3.63, 3.8) is 0 Å². The molecule has 0 unspecified atom stereocenters. The van der Waals surface area contributed by atoms with Crippen LogP contribution < -0.4 is 5.73 Å². The molecule has 0 spiro atoms. The summed E-state index contributed by atoms with van der Waals surface area (Å²) in [7, 11) is 0. The summed E-state index contributed by atoms with van der Waals surface area (Å²) in [6.07, 6.45) is 2.22. The van der Waals surface area contributed by atoms with Gasteiger partial charge in [-0.05, 0) is 67.9 Å². The fourth-order valence-corrected chi connectivity index (χ4v) is 4.39. The van der Waals surface area contributed by atoms with E-state index in [1.807, 2.05) is 36.4 Å². The Hall–Kier alpha value is -1.94. The topological polar surface area (TPSA) is 59.5 Å². The number of halogens is 1. The van der Waals surface area contributed by atoms with Crippen molar-refractivity contribution in [1.82, 2.24) is 14.7 Å². The summed E-state index contributed by atoms with van der Waals surface area (Å²) in [6.45, 7) is 10.3. The van der Waals surface area contributed by atoms with Crippen molar-refractivity contribution in [2.75, 3.05) is 52.4 Å². The van der Waals surface area contributed by atoms with Gasteiger partial charge in [0.15, 0.2) is 0 Å². The number of piperazine rings is 1. The third kappa shape index (κ3) is 8.25. The maximum Gasteiger partial charge on any atom is 0.0991 e. The molecule has 0 radical (unpaired) electrons. The van der Waals surface area contributed by atoms with Gasteiger partial charge in [0.1, 0.15) is 0 Å². The highest BCUT2D eigenvalue weighted by Gasteiger charge is 2.16. The predicted molar refractivity (Wildman–Crippen MR) is 128 cm³/mol. The van der Waals surface area contributed by atoms with Crippen LogP contribution in [0.3, 0.4) is 0 Å². The summed E-state index contributed by atoms with van der Waals surface area (Å²) >= 11 is 6.21. The fraction of sp³-hybridized carbons (Fsp3) is 0.480. The van der Waals surface area contributed by atoms with Crippen LogP contribution >= 0.6 is 11.6 Å². The maximum absolute atomic E-state index is 9.22. The number of benzene rings is 2. The van der Waals surface area contributed by atoms with E-state index >= 15 is 0 Å². The van der Waals surface area contributed by atoms with Crippen LogP contribution in [0.25, 0.3) is 0 Å². The smallest absolute Gasteiger partial charge is 0.0991 e. The van der Waals surface area contributed by atoms with Gasteiger partial charge in [-0.1, -0.05) is 35.9 Å². The van der Waals surface area contributed by atoms with Gasteiger partial charge in [-0.3, -0.25) is 4.90 Å². The van der Waals surface area contributed by atoms with Gasteiger partial charge in [0.25, 0.3) is 0 Å². The van der Waals surface area contributed by atoms with Crippen LogP contribution in [0.2, 0.25) is 5.02 Å². The Morgan fingerprint density at radius 3 is 2.13 bits per heavy atom. The Balaban J connectivity index is 1.53. The third-order valence-electron chi connectivity index (χ3n) is 5.85. The highest BCUT2D eigenvalue weighted by molar-refractivity contribution is 6.30. The molecule has 6 heteroatoms. The molecule has 1 aliphatic heterocycles. The number of nitrogens with two attached hydrogens (primary N) is 1. The number of nitriles is 1. The van der Waals surface area contributed by atoms with Gasteiger partial charge in [0, 0.05) is 50.8 Å². The molecule has 0 bridgehead atoms. The van der Waals surface area contributed by atoms with Crippen LogP contribution in [0.1, 0.15) is 29.5 Å². The number of rotatable bonds is 11. The van der Waals surface area contributed by atoms with Crippen molar-refractivity contribution >= 4 is 11.6 Å². The summed E-state index contributed by atoms with van der Waals surface area (Å²) in [5.41, 5.74) is 8.75. The first-order valence-corrected chi connectivity index (χ1v) is 11.6. The molecular formula is C25H34ClN5. The van der Waals surface area contributed by atoms with Crippen LogP contribution in [0, 0.1) is 11.3 Å². The standard InChI is InChI=1S/C25H34ClN5/c26-25-8-2-7-24(18-25)21-31(20-23-6-1-5-22(17-23)19-28)12-4-11-30-15-13-29(14-16-30)10-3-9-27/h1-2,5-8,17-18H,3-4,9-16,20-21,27H2. The molecule has 166 valence electrons. The molecule has 0 saturated carbocycles. The molecule has 0 aromatic heterocycles. The van der Waals surface area contributed by atoms with Crippen molar-refractivity contribution in [3.8, 4) is 6.07 Å². The molecule has 1 aliphatic rings. The second-order valence-electron chi connectivity index (χ2n) is 8.33. The van der Waals surface area contributed by atoms with E-state index in [0.717, 1.165) is 83.3 Å². The lowest BCUT2D eigenvalue weighted by Crippen LogP contribution is -2.47. The van der Waals surface area contributed by atoms with E-state index in [2.05, 4.69) is 32.9 Å². The lowest BCUT2D eigenvalue weighted by Gasteiger charge is -2.35. The molecule has 1 saturated heterocycles. The van der Waals surface area contributed by atoms with E-state index < -0.39 is 0 Å². The monoisotopic (exact) mass is 439 g/mol. The Bertz CT molecular complexity index is 842. The number of hydrogen-bond acceptors (Lipinski definition) is 5. The number of hydrogen-bond donors (Lipinski definition) is 1. The van der Waals surface area contributed by atoms with Crippen molar-refractivity contribution in [1.29, 1.82) is 5.26 Å². The minimum Gasteiger partial charge on any atom is -0.330 e. The average Bonchev–Trinajstić information content (AvgIpc) is 2.78. The molecule has 0 amide bonds. The van der Waals surface area contributed by atoms with Gasteiger partial charge < -0.3 is 15.5 Å². The van der Waals surface area contributed by atoms with Crippen LogP contribution in [0.5, 0.6) is 0 Å². The Kier molecular flexibility index (Phi) is 9.80. The first kappa shape index (κ1) is 23.7. The molecule has 0 atom stereocenters. The van der Waals surface area contributed by atoms with Gasteiger partial charge in [-0.2, -0.15) is 5.26 Å². The molecule has 5 nitrogen and oxygen atoms in total. The molecular weight excluding hydrogens is 406 g/mol. The zero-order valence-electron chi connectivity index (χ0n) is 18.3. The lowest BCUT2D eigenvalue weighted by atomic mass is 10.1. The minimum absolute atomic E-state index is 0.715. The minimum atomic E-state index is 0.715. The van der Waals surface area contributed by atoms with Crippen LogP contribution in [-0.4, -0.2) is 67.1 Å². The van der Waals surface area contributed by atoms with E-state index in [4.69, 9.17) is 17.3 Å². The van der Waals surface area contributed by atoms with E-state index in [1.54, 1.807) is 0 Å². The third-order valence-corrected chi connectivity index (χ3v) is 6.08. The van der Waals surface area contributed by atoms with E-state index in [1.165, 1.54) is 11.1 Å². The summed E-state index contributed by atoms with van der Waals surface area (Å²) in [6, 6.07) is 18.3. The van der Waals surface area contributed by atoms with Crippen molar-refractivity contribution in [2.45, 2.75) is 25.9 Å². The zero-order valence-corrected chi connectivity index (χ0v) is 19.1. The summed E-state index contributed by atoms with van der Waals surface area (Å²) in [5, 5.41) is 10.00. The largest absolute Gasteiger partial charge is 0.330 e. The Morgan fingerprint density at radius 2 is 1.52 bits per heavy atom.